The van der Waals surface area contributed by atoms with Gasteiger partial charge in [0.1, 0.15) is 18.9 Å². The van der Waals surface area contributed by atoms with Crippen molar-refractivity contribution in [3.05, 3.63) is 88.2 Å². The molecule has 27 heavy (non-hydrogen) atoms. The topological polar surface area (TPSA) is 93.7 Å². The van der Waals surface area contributed by atoms with Gasteiger partial charge in [0, 0.05) is 11.8 Å². The lowest BCUT2D eigenvalue weighted by Crippen LogP contribution is -2.28. The van der Waals surface area contributed by atoms with E-state index in [0.29, 0.717) is 11.5 Å². The van der Waals surface area contributed by atoms with Crippen molar-refractivity contribution < 1.29 is 19.1 Å². The van der Waals surface area contributed by atoms with Crippen LogP contribution in [0, 0.1) is 0 Å². The third kappa shape index (κ3) is 5.08. The number of amides is 1. The summed E-state index contributed by atoms with van der Waals surface area (Å²) < 4.78 is 12.3. The molecule has 0 saturated heterocycles. The van der Waals surface area contributed by atoms with Crippen LogP contribution in [0.2, 0.25) is 0 Å². The number of benzene rings is 1. The van der Waals surface area contributed by atoms with Crippen molar-refractivity contribution in [1.82, 2.24) is 9.88 Å². The van der Waals surface area contributed by atoms with E-state index < -0.39 is 0 Å². The lowest BCUT2D eigenvalue weighted by molar-refractivity contribution is -0.122. The van der Waals surface area contributed by atoms with E-state index in [9.17, 15) is 14.7 Å². The van der Waals surface area contributed by atoms with Gasteiger partial charge in [-0.15, -0.1) is 0 Å². The van der Waals surface area contributed by atoms with Crippen LogP contribution in [0.4, 0.5) is 0 Å². The minimum Gasteiger partial charge on any atom is -0.483 e. The van der Waals surface area contributed by atoms with E-state index in [-0.39, 0.29) is 43.4 Å². The highest BCUT2D eigenvalue weighted by molar-refractivity contribution is 5.75. The largest absolute Gasteiger partial charge is 0.483 e. The van der Waals surface area contributed by atoms with Gasteiger partial charge in [-0.25, -0.2) is 0 Å². The Morgan fingerprint density at radius 2 is 2.00 bits per heavy atom. The van der Waals surface area contributed by atoms with E-state index in [2.05, 4.69) is 5.32 Å². The first kappa shape index (κ1) is 18.5. The number of nitrogens with one attached hydrogen (secondary N) is 1. The number of aliphatic hydroxyl groups excluding tert-OH is 1. The summed E-state index contributed by atoms with van der Waals surface area (Å²) >= 11 is 0. The van der Waals surface area contributed by atoms with E-state index in [0.717, 1.165) is 5.56 Å². The maximum Gasteiger partial charge on any atom is 0.240 e. The van der Waals surface area contributed by atoms with Crippen molar-refractivity contribution in [3.8, 4) is 5.75 Å². The van der Waals surface area contributed by atoms with Gasteiger partial charge in [0.05, 0.1) is 25.6 Å². The highest BCUT2D eigenvalue weighted by atomic mass is 16.5. The second kappa shape index (κ2) is 8.86. The van der Waals surface area contributed by atoms with E-state index in [1.807, 2.05) is 30.3 Å². The standard InChI is InChI=1S/C20H20N2O5/c23-13-16-9-18(24)19(27-14-15-5-2-1-3-6-15)11-22(16)12-20(25)21-10-17-7-4-8-26-17/h1-9,11,23H,10,12-14H2,(H,21,25). The predicted molar refractivity (Wildman–Crippen MR) is 98.0 cm³/mol. The van der Waals surface area contributed by atoms with Crippen LogP contribution in [0.1, 0.15) is 17.0 Å². The van der Waals surface area contributed by atoms with E-state index in [4.69, 9.17) is 9.15 Å². The first-order valence-corrected chi connectivity index (χ1v) is 8.45. The molecule has 3 aromatic rings. The van der Waals surface area contributed by atoms with E-state index in [1.54, 1.807) is 12.1 Å². The highest BCUT2D eigenvalue weighted by Crippen LogP contribution is 2.10. The Morgan fingerprint density at radius 1 is 1.19 bits per heavy atom. The lowest BCUT2D eigenvalue weighted by atomic mass is 10.2. The molecule has 7 nitrogen and oxygen atoms in total. The van der Waals surface area contributed by atoms with Crippen molar-refractivity contribution in [2.24, 2.45) is 0 Å². The molecule has 0 fully saturated rings. The molecule has 140 valence electrons. The number of aromatic nitrogens is 1. The third-order valence-electron chi connectivity index (χ3n) is 3.94. The Labute approximate surface area is 155 Å². The van der Waals surface area contributed by atoms with Crippen LogP contribution in [0.25, 0.3) is 0 Å². The maximum atomic E-state index is 12.2. The molecule has 0 atom stereocenters. The maximum absolute atomic E-state index is 12.2. The first-order valence-electron chi connectivity index (χ1n) is 8.45. The molecule has 1 aromatic carbocycles. The number of nitrogens with zero attached hydrogens (tertiary/aromatic N) is 1. The van der Waals surface area contributed by atoms with Crippen LogP contribution in [-0.4, -0.2) is 15.6 Å². The Balaban J connectivity index is 1.69. The molecule has 0 aliphatic heterocycles. The molecule has 0 radical (unpaired) electrons. The molecule has 2 aromatic heterocycles. The number of hydrogen-bond acceptors (Lipinski definition) is 5. The van der Waals surface area contributed by atoms with Crippen molar-refractivity contribution in [1.29, 1.82) is 0 Å². The van der Waals surface area contributed by atoms with E-state index >= 15 is 0 Å². The number of aliphatic hydroxyl groups is 1. The number of ether oxygens (including phenoxy) is 1. The van der Waals surface area contributed by atoms with Crippen LogP contribution in [-0.2, 0) is 31.1 Å². The summed E-state index contributed by atoms with van der Waals surface area (Å²) in [6, 6.07) is 14.2. The van der Waals surface area contributed by atoms with Crippen LogP contribution in [0.3, 0.4) is 0 Å². The quantitative estimate of drug-likeness (QED) is 0.633. The number of pyridine rings is 1. The Kier molecular flexibility index (Phi) is 6.06. The van der Waals surface area contributed by atoms with Crippen molar-refractivity contribution in [3.63, 3.8) is 0 Å². The van der Waals surface area contributed by atoms with Crippen molar-refractivity contribution in [2.45, 2.75) is 26.3 Å². The van der Waals surface area contributed by atoms with E-state index in [1.165, 1.54) is 23.1 Å². The average Bonchev–Trinajstić information content (AvgIpc) is 3.21. The lowest BCUT2D eigenvalue weighted by Gasteiger charge is -2.14. The molecule has 7 heteroatoms. The summed E-state index contributed by atoms with van der Waals surface area (Å²) in [5.74, 6) is 0.478. The van der Waals surface area contributed by atoms with Crippen molar-refractivity contribution in [2.75, 3.05) is 0 Å². The molecule has 3 rings (SSSR count). The summed E-state index contributed by atoms with van der Waals surface area (Å²) in [5, 5.41) is 12.2. The number of rotatable bonds is 8. The van der Waals surface area contributed by atoms with Crippen LogP contribution < -0.4 is 15.5 Å². The molecular formula is C20H20N2O5. The molecule has 0 bridgehead atoms. The smallest absolute Gasteiger partial charge is 0.240 e. The van der Waals surface area contributed by atoms with Crippen LogP contribution >= 0.6 is 0 Å². The monoisotopic (exact) mass is 368 g/mol. The second-order valence-corrected chi connectivity index (χ2v) is 5.91. The molecule has 1 amide bonds. The fourth-order valence-electron chi connectivity index (χ4n) is 2.53. The van der Waals surface area contributed by atoms with Crippen LogP contribution in [0.5, 0.6) is 5.75 Å². The van der Waals surface area contributed by atoms with Gasteiger partial charge >= 0.3 is 0 Å². The van der Waals surface area contributed by atoms with Crippen molar-refractivity contribution >= 4 is 5.91 Å². The van der Waals surface area contributed by atoms with Gasteiger partial charge in [-0.3, -0.25) is 9.59 Å². The molecular weight excluding hydrogens is 348 g/mol. The highest BCUT2D eigenvalue weighted by Gasteiger charge is 2.11. The van der Waals surface area contributed by atoms with Gasteiger partial charge in [-0.2, -0.15) is 0 Å². The minimum absolute atomic E-state index is 0.0570. The zero-order chi connectivity index (χ0) is 19.1. The zero-order valence-corrected chi connectivity index (χ0v) is 14.6. The van der Waals surface area contributed by atoms with Gasteiger partial charge in [-0.05, 0) is 17.7 Å². The molecule has 0 saturated carbocycles. The Morgan fingerprint density at radius 3 is 2.70 bits per heavy atom. The van der Waals surface area contributed by atoms with Gasteiger partial charge in [-0.1, -0.05) is 30.3 Å². The summed E-state index contributed by atoms with van der Waals surface area (Å²) in [6.45, 7) is 0.0787. The predicted octanol–water partition coefficient (Wildman–Crippen LogP) is 1.83. The fourth-order valence-corrected chi connectivity index (χ4v) is 2.53. The minimum atomic E-state index is -0.361. The Bertz CT molecular complexity index is 933. The number of carbonyl (C=O) groups is 1. The second-order valence-electron chi connectivity index (χ2n) is 5.91. The number of hydrogen-bond donors (Lipinski definition) is 2. The van der Waals surface area contributed by atoms with Gasteiger partial charge in [0.15, 0.2) is 5.75 Å². The first-order chi connectivity index (χ1) is 13.2. The molecule has 0 unspecified atom stereocenters. The average molecular weight is 368 g/mol. The van der Waals surface area contributed by atoms with Gasteiger partial charge in [0.25, 0.3) is 0 Å². The van der Waals surface area contributed by atoms with Crippen LogP contribution in [0.15, 0.2) is 70.2 Å². The zero-order valence-electron chi connectivity index (χ0n) is 14.6. The SMILES string of the molecule is O=C(Cn1cc(OCc2ccccc2)c(=O)cc1CO)NCc1ccco1. The van der Waals surface area contributed by atoms with Gasteiger partial charge in [0.2, 0.25) is 11.3 Å². The number of furan rings is 1. The summed E-state index contributed by atoms with van der Waals surface area (Å²) in [5.41, 5.74) is 0.910. The molecule has 0 aliphatic carbocycles. The molecule has 0 spiro atoms. The summed E-state index contributed by atoms with van der Waals surface area (Å²) in [7, 11) is 0. The third-order valence-corrected chi connectivity index (χ3v) is 3.94. The molecule has 0 aliphatic rings. The summed E-state index contributed by atoms with van der Waals surface area (Å²) in [6.07, 6.45) is 2.98. The Hall–Kier alpha value is -3.32. The molecule has 2 N–H and O–H groups in total. The van der Waals surface area contributed by atoms with Gasteiger partial charge < -0.3 is 24.1 Å². The fraction of sp³-hybridized carbons (Fsp3) is 0.200. The summed E-state index contributed by atoms with van der Waals surface area (Å²) in [4.78, 5) is 24.4. The normalized spacial score (nSPS) is 10.6. The molecule has 2 heterocycles. The number of carbonyl (C=O) groups excluding carboxylic acids is 1.